The maximum Gasteiger partial charge on any atom is 0.410 e. The number of hydrogen-bond donors (Lipinski definition) is 1. The van der Waals surface area contributed by atoms with Gasteiger partial charge in [-0.3, -0.25) is 9.69 Å². The summed E-state index contributed by atoms with van der Waals surface area (Å²) in [4.78, 5) is 42.6. The molecule has 8 heteroatoms. The van der Waals surface area contributed by atoms with Crippen LogP contribution in [0.5, 0.6) is 0 Å². The first kappa shape index (κ1) is 19.9. The largest absolute Gasteiger partial charge is 0.444 e. The van der Waals surface area contributed by atoms with Gasteiger partial charge in [-0.15, -0.1) is 0 Å². The average molecular weight is 380 g/mol. The molecule has 0 aromatic heterocycles. The van der Waals surface area contributed by atoms with Crippen molar-refractivity contribution < 1.29 is 19.1 Å². The Morgan fingerprint density at radius 2 is 1.74 bits per heavy atom. The van der Waals surface area contributed by atoms with Crippen LogP contribution in [0.1, 0.15) is 53.4 Å². The van der Waals surface area contributed by atoms with Crippen LogP contribution >= 0.6 is 0 Å². The zero-order valence-corrected chi connectivity index (χ0v) is 16.9. The van der Waals surface area contributed by atoms with Crippen molar-refractivity contribution in [2.24, 2.45) is 5.92 Å². The number of imide groups is 1. The lowest BCUT2D eigenvalue weighted by atomic mass is 9.77. The quantitative estimate of drug-likeness (QED) is 0.741. The molecule has 0 atom stereocenters. The molecule has 0 aromatic carbocycles. The number of rotatable bonds is 2. The van der Waals surface area contributed by atoms with Crippen LogP contribution < -0.4 is 5.32 Å². The summed E-state index contributed by atoms with van der Waals surface area (Å²) >= 11 is 0. The van der Waals surface area contributed by atoms with Gasteiger partial charge in [0, 0.05) is 26.2 Å². The van der Waals surface area contributed by atoms with Gasteiger partial charge in [0.05, 0.1) is 6.67 Å². The Morgan fingerprint density at radius 1 is 1.15 bits per heavy atom. The number of carbonyl (C=O) groups is 3. The third kappa shape index (κ3) is 4.36. The van der Waals surface area contributed by atoms with Crippen molar-refractivity contribution >= 4 is 18.0 Å². The second kappa shape index (κ2) is 7.30. The van der Waals surface area contributed by atoms with Crippen LogP contribution in [0.25, 0.3) is 0 Å². The van der Waals surface area contributed by atoms with E-state index in [2.05, 4.69) is 12.2 Å². The maximum atomic E-state index is 12.9. The molecule has 0 unspecified atom stereocenters. The minimum Gasteiger partial charge on any atom is -0.444 e. The summed E-state index contributed by atoms with van der Waals surface area (Å²) in [6.07, 6.45) is 3.07. The Kier molecular flexibility index (Phi) is 5.38. The molecular formula is C19H32N4O4. The van der Waals surface area contributed by atoms with E-state index in [1.54, 1.807) is 4.90 Å². The van der Waals surface area contributed by atoms with Crippen molar-refractivity contribution in [2.75, 3.05) is 32.8 Å². The smallest absolute Gasteiger partial charge is 0.410 e. The Morgan fingerprint density at radius 3 is 2.30 bits per heavy atom. The number of piperazine rings is 1. The molecule has 0 radical (unpaired) electrons. The molecule has 3 fully saturated rings. The van der Waals surface area contributed by atoms with Crippen molar-refractivity contribution in [1.29, 1.82) is 0 Å². The molecule has 3 aliphatic rings. The lowest BCUT2D eigenvalue weighted by molar-refractivity contribution is -0.134. The molecule has 0 bridgehead atoms. The summed E-state index contributed by atoms with van der Waals surface area (Å²) in [6, 6.07) is -0.288. The van der Waals surface area contributed by atoms with Gasteiger partial charge < -0.3 is 15.0 Å². The first-order valence-electron chi connectivity index (χ1n) is 9.94. The van der Waals surface area contributed by atoms with Crippen molar-refractivity contribution in [1.82, 2.24) is 20.0 Å². The van der Waals surface area contributed by atoms with Gasteiger partial charge in [0.15, 0.2) is 0 Å². The summed E-state index contributed by atoms with van der Waals surface area (Å²) in [5, 5.41) is 2.96. The second-order valence-electron chi connectivity index (χ2n) is 9.15. The molecule has 27 heavy (non-hydrogen) atoms. The van der Waals surface area contributed by atoms with Crippen molar-refractivity contribution in [3.05, 3.63) is 0 Å². The average Bonchev–Trinajstić information content (AvgIpc) is 2.81. The number of urea groups is 1. The number of ether oxygens (including phenoxy) is 1. The monoisotopic (exact) mass is 380 g/mol. The maximum absolute atomic E-state index is 12.9. The zero-order chi connectivity index (χ0) is 19.8. The molecule has 8 nitrogen and oxygen atoms in total. The molecule has 1 spiro atoms. The van der Waals surface area contributed by atoms with Crippen LogP contribution in [0, 0.1) is 5.92 Å². The van der Waals surface area contributed by atoms with E-state index in [0.717, 1.165) is 25.7 Å². The minimum absolute atomic E-state index is 0.0889. The highest BCUT2D eigenvalue weighted by molar-refractivity contribution is 6.07. The predicted octanol–water partition coefficient (Wildman–Crippen LogP) is 2.00. The highest BCUT2D eigenvalue weighted by atomic mass is 16.6. The molecule has 4 amide bonds. The van der Waals surface area contributed by atoms with Gasteiger partial charge in [-0.25, -0.2) is 14.5 Å². The van der Waals surface area contributed by atoms with Crippen LogP contribution in [0.4, 0.5) is 9.59 Å². The number of hydrogen-bond acceptors (Lipinski definition) is 5. The lowest BCUT2D eigenvalue weighted by Gasteiger charge is -2.37. The molecule has 2 heterocycles. The SMILES string of the molecule is CC1CCC2(CC1)NC(=O)N(CN1CCN(C(=O)OC(C)(C)C)CC1)C2=O. The van der Waals surface area contributed by atoms with Crippen molar-refractivity contribution in [2.45, 2.75) is 64.5 Å². The van der Waals surface area contributed by atoms with Gasteiger partial charge in [-0.2, -0.15) is 0 Å². The molecular weight excluding hydrogens is 348 g/mol. The number of amides is 4. The van der Waals surface area contributed by atoms with Gasteiger partial charge in [-0.05, 0) is 52.4 Å². The molecule has 2 saturated heterocycles. The van der Waals surface area contributed by atoms with Gasteiger partial charge in [0.25, 0.3) is 5.91 Å². The highest BCUT2D eigenvalue weighted by Gasteiger charge is 2.52. The van der Waals surface area contributed by atoms with E-state index in [1.807, 2.05) is 25.7 Å². The van der Waals surface area contributed by atoms with E-state index in [1.165, 1.54) is 4.90 Å². The topological polar surface area (TPSA) is 82.2 Å². The van der Waals surface area contributed by atoms with Gasteiger partial charge >= 0.3 is 12.1 Å². The summed E-state index contributed by atoms with van der Waals surface area (Å²) in [6.45, 7) is 10.3. The third-order valence-corrected chi connectivity index (χ3v) is 5.74. The van der Waals surface area contributed by atoms with Gasteiger partial charge in [-0.1, -0.05) is 6.92 Å². The second-order valence-corrected chi connectivity index (χ2v) is 9.15. The summed E-state index contributed by atoms with van der Waals surface area (Å²) in [5.41, 5.74) is -1.21. The molecule has 3 rings (SSSR count). The molecule has 2 aliphatic heterocycles. The number of carbonyl (C=O) groups excluding carboxylic acids is 3. The fourth-order valence-electron chi connectivity index (χ4n) is 4.00. The van der Waals surface area contributed by atoms with E-state index >= 15 is 0 Å². The van der Waals surface area contributed by atoms with E-state index in [4.69, 9.17) is 4.74 Å². The standard InChI is InChI=1S/C19H32N4O4/c1-14-5-7-19(8-6-14)15(24)23(16(25)20-19)13-21-9-11-22(12-10-21)17(26)27-18(2,3)4/h14H,5-13H2,1-4H3,(H,20,25). The predicted molar refractivity (Wildman–Crippen MR) is 100.0 cm³/mol. The first-order chi connectivity index (χ1) is 12.6. The van der Waals surface area contributed by atoms with Crippen LogP contribution in [-0.2, 0) is 9.53 Å². The molecule has 1 saturated carbocycles. The Hall–Kier alpha value is -1.83. The van der Waals surface area contributed by atoms with Gasteiger partial charge in [0.2, 0.25) is 0 Å². The van der Waals surface area contributed by atoms with Gasteiger partial charge in [0.1, 0.15) is 11.1 Å². The van der Waals surface area contributed by atoms with E-state index in [9.17, 15) is 14.4 Å². The molecule has 1 aliphatic carbocycles. The summed E-state index contributed by atoms with van der Waals surface area (Å²) < 4.78 is 5.40. The fraction of sp³-hybridized carbons (Fsp3) is 0.842. The lowest BCUT2D eigenvalue weighted by Crippen LogP contribution is -2.54. The minimum atomic E-state index is -0.693. The Bertz CT molecular complexity index is 599. The molecule has 1 N–H and O–H groups in total. The third-order valence-electron chi connectivity index (χ3n) is 5.74. The van der Waals surface area contributed by atoms with Crippen LogP contribution in [0.15, 0.2) is 0 Å². The van der Waals surface area contributed by atoms with Crippen molar-refractivity contribution in [3.63, 3.8) is 0 Å². The molecule has 0 aromatic rings. The van der Waals surface area contributed by atoms with Crippen LogP contribution in [0.2, 0.25) is 0 Å². The number of nitrogens with one attached hydrogen (secondary N) is 1. The normalized spacial score (nSPS) is 30.0. The van der Waals surface area contributed by atoms with Crippen molar-refractivity contribution in [3.8, 4) is 0 Å². The van der Waals surface area contributed by atoms with E-state index < -0.39 is 11.1 Å². The Balaban J connectivity index is 1.52. The van der Waals surface area contributed by atoms with Crippen LogP contribution in [-0.4, -0.2) is 76.7 Å². The highest BCUT2D eigenvalue weighted by Crippen LogP contribution is 2.36. The first-order valence-corrected chi connectivity index (χ1v) is 9.94. The Labute approximate surface area is 161 Å². The van der Waals surface area contributed by atoms with E-state index in [0.29, 0.717) is 32.1 Å². The number of nitrogens with zero attached hydrogens (tertiary/aromatic N) is 3. The fourth-order valence-corrected chi connectivity index (χ4v) is 4.00. The summed E-state index contributed by atoms with van der Waals surface area (Å²) in [5.74, 6) is 0.518. The zero-order valence-electron chi connectivity index (χ0n) is 16.9. The summed E-state index contributed by atoms with van der Waals surface area (Å²) in [7, 11) is 0. The van der Waals surface area contributed by atoms with E-state index in [-0.39, 0.29) is 24.7 Å². The molecule has 152 valence electrons. The van der Waals surface area contributed by atoms with Crippen LogP contribution in [0.3, 0.4) is 0 Å².